The summed E-state index contributed by atoms with van der Waals surface area (Å²) in [6, 6.07) is 0. The van der Waals surface area contributed by atoms with Gasteiger partial charge < -0.3 is 9.84 Å². The van der Waals surface area contributed by atoms with Crippen LogP contribution in [0.4, 0.5) is 0 Å². The molecule has 112 valence electrons. The Morgan fingerprint density at radius 1 is 1.45 bits per heavy atom. The molecule has 5 heteroatoms. The fraction of sp³-hybridized carbons (Fsp3) is 0.733. The number of carboxylic acid groups (broad SMARTS) is 1. The molecule has 0 bridgehead atoms. The van der Waals surface area contributed by atoms with Crippen LogP contribution in [0.2, 0.25) is 0 Å². The van der Waals surface area contributed by atoms with Crippen molar-refractivity contribution in [2.24, 2.45) is 0 Å². The Labute approximate surface area is 124 Å². The van der Waals surface area contributed by atoms with Crippen LogP contribution >= 0.6 is 11.3 Å². The summed E-state index contributed by atoms with van der Waals surface area (Å²) >= 11 is 1.65. The number of ether oxygens (including phenoxy) is 1. The molecule has 1 aliphatic carbocycles. The summed E-state index contributed by atoms with van der Waals surface area (Å²) in [5.74, 6) is -1.19. The predicted molar refractivity (Wildman–Crippen MR) is 79.3 cm³/mol. The first-order valence-electron chi connectivity index (χ1n) is 7.44. The van der Waals surface area contributed by atoms with Crippen molar-refractivity contribution >= 4 is 17.3 Å². The van der Waals surface area contributed by atoms with Crippen molar-refractivity contribution in [1.82, 2.24) is 4.98 Å². The Kier molecular flexibility index (Phi) is 4.81. The summed E-state index contributed by atoms with van der Waals surface area (Å²) < 4.78 is 5.99. The zero-order valence-electron chi connectivity index (χ0n) is 12.4. The molecule has 1 aromatic heterocycles. The van der Waals surface area contributed by atoms with E-state index >= 15 is 0 Å². The number of hydrogen-bond donors (Lipinski definition) is 1. The monoisotopic (exact) mass is 297 g/mol. The van der Waals surface area contributed by atoms with Gasteiger partial charge in [-0.2, -0.15) is 0 Å². The van der Waals surface area contributed by atoms with E-state index in [4.69, 9.17) is 9.72 Å². The zero-order chi connectivity index (χ0) is 14.8. The van der Waals surface area contributed by atoms with Crippen molar-refractivity contribution in [3.8, 4) is 0 Å². The number of nitrogens with zero attached hydrogens (tertiary/aromatic N) is 1. The maximum Gasteiger partial charge on any atom is 0.312 e. The third kappa shape index (κ3) is 2.61. The van der Waals surface area contributed by atoms with E-state index in [0.717, 1.165) is 41.3 Å². The van der Waals surface area contributed by atoms with Crippen molar-refractivity contribution in [3.05, 3.63) is 15.6 Å². The lowest BCUT2D eigenvalue weighted by Gasteiger charge is -2.29. The van der Waals surface area contributed by atoms with E-state index in [1.807, 2.05) is 6.92 Å². The average Bonchev–Trinajstić information content (AvgIpc) is 2.88. The minimum Gasteiger partial charge on any atom is -0.481 e. The van der Waals surface area contributed by atoms with Crippen LogP contribution in [0.25, 0.3) is 0 Å². The van der Waals surface area contributed by atoms with E-state index < -0.39 is 11.9 Å². The number of rotatable bonds is 6. The van der Waals surface area contributed by atoms with Gasteiger partial charge in [0, 0.05) is 11.5 Å². The molecular weight excluding hydrogens is 274 g/mol. The van der Waals surface area contributed by atoms with Gasteiger partial charge in [0.1, 0.15) is 10.6 Å². The van der Waals surface area contributed by atoms with Gasteiger partial charge in [-0.25, -0.2) is 4.98 Å². The molecule has 1 atom stereocenters. The molecule has 0 spiro atoms. The van der Waals surface area contributed by atoms with Crippen LogP contribution in [0.15, 0.2) is 0 Å². The van der Waals surface area contributed by atoms with E-state index in [9.17, 15) is 9.90 Å². The first-order chi connectivity index (χ1) is 9.57. The Bertz CT molecular complexity index is 479. The second-order valence-corrected chi connectivity index (χ2v) is 6.33. The highest BCUT2D eigenvalue weighted by Crippen LogP contribution is 2.41. The van der Waals surface area contributed by atoms with Crippen LogP contribution in [-0.2, 0) is 21.6 Å². The van der Waals surface area contributed by atoms with Gasteiger partial charge in [-0.15, -0.1) is 11.3 Å². The number of aliphatic carboxylic acids is 1. The van der Waals surface area contributed by atoms with E-state index in [1.165, 1.54) is 0 Å². The molecule has 0 aromatic carbocycles. The van der Waals surface area contributed by atoms with E-state index in [2.05, 4.69) is 13.8 Å². The van der Waals surface area contributed by atoms with Crippen LogP contribution in [-0.4, -0.2) is 22.7 Å². The summed E-state index contributed by atoms with van der Waals surface area (Å²) in [7, 11) is 0. The van der Waals surface area contributed by atoms with Gasteiger partial charge in [-0.1, -0.05) is 13.8 Å². The molecule has 1 unspecified atom stereocenters. The van der Waals surface area contributed by atoms with Crippen molar-refractivity contribution < 1.29 is 14.6 Å². The van der Waals surface area contributed by atoms with Crippen LogP contribution in [0.5, 0.6) is 0 Å². The zero-order valence-corrected chi connectivity index (χ0v) is 13.3. The molecule has 0 amide bonds. The summed E-state index contributed by atoms with van der Waals surface area (Å²) in [6.07, 6.45) is 4.31. The SMILES string of the molecule is CCOC(CC)(CC)c1nc2c(s1)CCCC2C(=O)O. The fourth-order valence-corrected chi connectivity index (χ4v) is 4.40. The summed E-state index contributed by atoms with van der Waals surface area (Å²) in [4.78, 5) is 17.2. The van der Waals surface area contributed by atoms with Crippen LogP contribution in [0, 0.1) is 0 Å². The van der Waals surface area contributed by atoms with Crippen molar-refractivity contribution in [3.63, 3.8) is 0 Å². The molecule has 20 heavy (non-hydrogen) atoms. The quantitative estimate of drug-likeness (QED) is 0.869. The van der Waals surface area contributed by atoms with Gasteiger partial charge >= 0.3 is 5.97 Å². The Hall–Kier alpha value is -0.940. The number of fused-ring (bicyclic) bond motifs is 1. The largest absolute Gasteiger partial charge is 0.481 e. The van der Waals surface area contributed by atoms with Crippen molar-refractivity contribution in [2.45, 2.75) is 64.4 Å². The van der Waals surface area contributed by atoms with E-state index in [0.29, 0.717) is 13.0 Å². The number of carbonyl (C=O) groups is 1. The molecule has 0 saturated heterocycles. The standard InChI is InChI=1S/C15H23NO3S/c1-4-15(5-2,19-6-3)14-16-12-10(13(17)18)8-7-9-11(12)20-14/h10H,4-9H2,1-3H3,(H,17,18). The number of aryl methyl sites for hydroxylation is 1. The van der Waals surface area contributed by atoms with Gasteiger partial charge in [-0.05, 0) is 39.0 Å². The van der Waals surface area contributed by atoms with Crippen LogP contribution in [0.3, 0.4) is 0 Å². The van der Waals surface area contributed by atoms with Crippen LogP contribution < -0.4 is 0 Å². The molecule has 0 aliphatic heterocycles. The molecule has 2 rings (SSSR count). The summed E-state index contributed by atoms with van der Waals surface area (Å²) in [6.45, 7) is 6.85. The molecule has 0 radical (unpaired) electrons. The van der Waals surface area contributed by atoms with E-state index in [1.54, 1.807) is 11.3 Å². The number of carboxylic acids is 1. The van der Waals surface area contributed by atoms with Gasteiger partial charge in [0.15, 0.2) is 0 Å². The van der Waals surface area contributed by atoms with E-state index in [-0.39, 0.29) is 5.60 Å². The highest BCUT2D eigenvalue weighted by Gasteiger charge is 2.37. The lowest BCUT2D eigenvalue weighted by Crippen LogP contribution is -2.28. The Balaban J connectivity index is 2.42. The second kappa shape index (κ2) is 6.22. The van der Waals surface area contributed by atoms with Crippen molar-refractivity contribution in [1.29, 1.82) is 0 Å². The molecule has 0 saturated carbocycles. The first kappa shape index (κ1) is 15.4. The minimum absolute atomic E-state index is 0.347. The molecule has 1 N–H and O–H groups in total. The highest BCUT2D eigenvalue weighted by molar-refractivity contribution is 7.11. The molecule has 4 nitrogen and oxygen atoms in total. The maximum absolute atomic E-state index is 11.4. The number of hydrogen-bond acceptors (Lipinski definition) is 4. The minimum atomic E-state index is -0.752. The van der Waals surface area contributed by atoms with Gasteiger partial charge in [-0.3, -0.25) is 4.79 Å². The smallest absolute Gasteiger partial charge is 0.312 e. The maximum atomic E-state index is 11.4. The Morgan fingerprint density at radius 3 is 2.70 bits per heavy atom. The topological polar surface area (TPSA) is 59.4 Å². The summed E-state index contributed by atoms with van der Waals surface area (Å²) in [5.41, 5.74) is 0.439. The number of thiazole rings is 1. The molecule has 1 aromatic rings. The molecular formula is C15H23NO3S. The third-order valence-corrected chi connectivity index (χ3v) is 5.52. The normalized spacial score (nSPS) is 18.9. The predicted octanol–water partition coefficient (Wildman–Crippen LogP) is 3.70. The second-order valence-electron chi connectivity index (χ2n) is 5.24. The highest BCUT2D eigenvalue weighted by atomic mass is 32.1. The average molecular weight is 297 g/mol. The van der Waals surface area contributed by atoms with Gasteiger partial charge in [0.05, 0.1) is 11.6 Å². The van der Waals surface area contributed by atoms with Gasteiger partial charge in [0.25, 0.3) is 0 Å². The molecule has 1 heterocycles. The molecule has 1 aliphatic rings. The van der Waals surface area contributed by atoms with Gasteiger partial charge in [0.2, 0.25) is 0 Å². The Morgan fingerprint density at radius 2 is 2.15 bits per heavy atom. The number of aromatic nitrogens is 1. The lowest BCUT2D eigenvalue weighted by atomic mass is 9.91. The molecule has 0 fully saturated rings. The first-order valence-corrected chi connectivity index (χ1v) is 8.26. The van der Waals surface area contributed by atoms with Crippen LogP contribution in [0.1, 0.15) is 68.0 Å². The van der Waals surface area contributed by atoms with Crippen molar-refractivity contribution in [2.75, 3.05) is 6.61 Å². The third-order valence-electron chi connectivity index (χ3n) is 4.20. The lowest BCUT2D eigenvalue weighted by molar-refractivity contribution is -0.139. The summed E-state index contributed by atoms with van der Waals surface area (Å²) in [5, 5.41) is 10.3. The fourth-order valence-electron chi connectivity index (χ4n) is 2.95.